The molecule has 1 aliphatic carbocycles. The Labute approximate surface area is 238 Å². The monoisotopic (exact) mass is 565 g/mol. The molecule has 5 rings (SSSR count). The molecule has 0 bridgehead atoms. The summed E-state index contributed by atoms with van der Waals surface area (Å²) >= 11 is 0. The molecular weight excluding hydrogens is 526 g/mol. The number of benzene rings is 2. The predicted octanol–water partition coefficient (Wildman–Crippen LogP) is 3.85. The summed E-state index contributed by atoms with van der Waals surface area (Å²) in [5, 5.41) is 24.3. The molecule has 0 amide bonds. The molecular formula is C29H39N7O3S. The molecule has 1 aliphatic heterocycles. The van der Waals surface area contributed by atoms with E-state index < -0.39 is 11.0 Å². The molecule has 2 unspecified atom stereocenters. The van der Waals surface area contributed by atoms with E-state index in [1.165, 1.54) is 30.2 Å². The number of rotatable bonds is 9. The van der Waals surface area contributed by atoms with Crippen LogP contribution in [0.15, 0.2) is 47.5 Å². The average molecular weight is 566 g/mol. The van der Waals surface area contributed by atoms with Crippen LogP contribution >= 0.6 is 0 Å². The van der Waals surface area contributed by atoms with Gasteiger partial charge in [0.2, 0.25) is 5.95 Å². The molecule has 0 radical (unpaired) electrons. The van der Waals surface area contributed by atoms with Gasteiger partial charge in [0, 0.05) is 12.1 Å². The number of aromatic hydroxyl groups is 1. The van der Waals surface area contributed by atoms with E-state index >= 15 is 0 Å². The standard InChI is InChI=1S/C29H39N7O3S/c1-36(2)40(38)26-10-5-4-9-23(26)33-28-25(37)18-31-29(35-28)34-24-12-11-19-17-21(32-20-13-15-30-16-14-20)7-6-8-22(19)27(24)39-3/h4-5,9-12,18,20-21,30,32,37H,6-8,13-17H2,1-3H3,(H2,31,33,34,35). The Morgan fingerprint density at radius 2 is 1.85 bits per heavy atom. The van der Waals surface area contributed by atoms with E-state index in [2.05, 4.69) is 37.3 Å². The molecule has 2 aromatic carbocycles. The highest BCUT2D eigenvalue weighted by atomic mass is 32.2. The molecule has 0 spiro atoms. The van der Waals surface area contributed by atoms with Crippen molar-refractivity contribution in [2.75, 3.05) is 44.9 Å². The van der Waals surface area contributed by atoms with Gasteiger partial charge < -0.3 is 31.1 Å². The van der Waals surface area contributed by atoms with Gasteiger partial charge in [-0.05, 0) is 95.0 Å². The van der Waals surface area contributed by atoms with Gasteiger partial charge in [0.05, 0.1) is 29.6 Å². The number of hydrogen-bond acceptors (Lipinski definition) is 9. The second-order valence-corrected chi connectivity index (χ2v) is 12.2. The summed E-state index contributed by atoms with van der Waals surface area (Å²) in [6, 6.07) is 12.5. The van der Waals surface area contributed by atoms with Gasteiger partial charge in [-0.3, -0.25) is 0 Å². The molecule has 10 nitrogen and oxygen atoms in total. The second kappa shape index (κ2) is 12.9. The van der Waals surface area contributed by atoms with Gasteiger partial charge in [0.15, 0.2) is 11.6 Å². The van der Waals surface area contributed by atoms with Crippen molar-refractivity contribution in [3.05, 3.63) is 53.7 Å². The van der Waals surface area contributed by atoms with Crippen LogP contribution in [0.5, 0.6) is 11.5 Å². The minimum absolute atomic E-state index is 0.114. The summed E-state index contributed by atoms with van der Waals surface area (Å²) in [6.45, 7) is 2.17. The van der Waals surface area contributed by atoms with E-state index in [1.54, 1.807) is 37.6 Å². The number of para-hydroxylation sites is 1. The topological polar surface area (TPSA) is 124 Å². The highest BCUT2D eigenvalue weighted by Crippen LogP contribution is 2.37. The van der Waals surface area contributed by atoms with Crippen LogP contribution in [-0.2, 0) is 23.8 Å². The van der Waals surface area contributed by atoms with Crippen molar-refractivity contribution < 1.29 is 14.1 Å². The van der Waals surface area contributed by atoms with Crippen LogP contribution in [0, 0.1) is 0 Å². The lowest BCUT2D eigenvalue weighted by molar-refractivity contribution is 0.336. The number of fused-ring (bicyclic) bond motifs is 1. The quantitative estimate of drug-likeness (QED) is 0.246. The molecule has 1 aromatic heterocycles. The lowest BCUT2D eigenvalue weighted by Gasteiger charge is -2.28. The number of aromatic nitrogens is 2. The van der Waals surface area contributed by atoms with Crippen LogP contribution in [0.2, 0.25) is 0 Å². The largest absolute Gasteiger partial charge is 0.503 e. The van der Waals surface area contributed by atoms with E-state index in [0.717, 1.165) is 50.2 Å². The number of piperidine rings is 1. The highest BCUT2D eigenvalue weighted by Gasteiger charge is 2.24. The summed E-state index contributed by atoms with van der Waals surface area (Å²) in [4.78, 5) is 9.40. The summed E-state index contributed by atoms with van der Waals surface area (Å²) in [6.07, 6.45) is 7.86. The normalized spacial score (nSPS) is 18.6. The molecule has 2 atom stereocenters. The van der Waals surface area contributed by atoms with Gasteiger partial charge in [-0.15, -0.1) is 0 Å². The van der Waals surface area contributed by atoms with E-state index in [4.69, 9.17) is 4.74 Å². The van der Waals surface area contributed by atoms with Crippen molar-refractivity contribution in [3.63, 3.8) is 0 Å². The fourth-order valence-corrected chi connectivity index (χ4v) is 6.41. The minimum Gasteiger partial charge on any atom is -0.503 e. The molecule has 1 fully saturated rings. The Kier molecular flexibility index (Phi) is 9.15. The average Bonchev–Trinajstić information content (AvgIpc) is 3.17. The van der Waals surface area contributed by atoms with Gasteiger partial charge >= 0.3 is 0 Å². The molecule has 5 N–H and O–H groups in total. The summed E-state index contributed by atoms with van der Waals surface area (Å²) in [5.74, 6) is 1.21. The zero-order valence-corrected chi connectivity index (χ0v) is 24.2. The molecule has 3 aromatic rings. The molecule has 2 aliphatic rings. The third kappa shape index (κ3) is 6.55. The lowest BCUT2D eigenvalue weighted by atomic mass is 9.98. The molecule has 2 heterocycles. The van der Waals surface area contributed by atoms with Gasteiger partial charge in [-0.25, -0.2) is 13.5 Å². The van der Waals surface area contributed by atoms with Crippen LogP contribution < -0.4 is 26.0 Å². The van der Waals surface area contributed by atoms with Crippen LogP contribution in [0.3, 0.4) is 0 Å². The fraction of sp³-hybridized carbons (Fsp3) is 0.448. The van der Waals surface area contributed by atoms with Crippen LogP contribution in [0.25, 0.3) is 0 Å². The first-order valence-electron chi connectivity index (χ1n) is 13.9. The number of methoxy groups -OCH3 is 1. The maximum atomic E-state index is 12.8. The predicted molar refractivity (Wildman–Crippen MR) is 159 cm³/mol. The fourth-order valence-electron chi connectivity index (χ4n) is 5.52. The second-order valence-electron chi connectivity index (χ2n) is 10.5. The summed E-state index contributed by atoms with van der Waals surface area (Å²) in [7, 11) is 3.82. The maximum absolute atomic E-state index is 12.8. The molecule has 1 saturated heterocycles. The van der Waals surface area contributed by atoms with E-state index in [1.807, 2.05) is 18.2 Å². The van der Waals surface area contributed by atoms with Crippen LogP contribution in [-0.4, -0.2) is 70.0 Å². The Morgan fingerprint density at radius 3 is 2.62 bits per heavy atom. The maximum Gasteiger partial charge on any atom is 0.229 e. The molecule has 0 saturated carbocycles. The van der Waals surface area contributed by atoms with E-state index in [9.17, 15) is 9.32 Å². The first-order valence-corrected chi connectivity index (χ1v) is 15.0. The van der Waals surface area contributed by atoms with Crippen LogP contribution in [0.1, 0.15) is 36.8 Å². The number of ether oxygens (including phenoxy) is 1. The van der Waals surface area contributed by atoms with Crippen molar-refractivity contribution in [1.82, 2.24) is 24.9 Å². The van der Waals surface area contributed by atoms with Crippen LogP contribution in [0.4, 0.5) is 23.1 Å². The number of nitrogens with zero attached hydrogens (tertiary/aromatic N) is 3. The zero-order valence-electron chi connectivity index (χ0n) is 23.4. The first-order chi connectivity index (χ1) is 19.4. The summed E-state index contributed by atoms with van der Waals surface area (Å²) in [5.41, 5.74) is 3.90. The Bertz CT molecular complexity index is 1350. The van der Waals surface area contributed by atoms with Crippen molar-refractivity contribution in [3.8, 4) is 11.5 Å². The Balaban J connectivity index is 1.35. The lowest BCUT2D eigenvalue weighted by Crippen LogP contribution is -2.45. The van der Waals surface area contributed by atoms with Gasteiger partial charge in [-0.1, -0.05) is 18.2 Å². The van der Waals surface area contributed by atoms with Crippen molar-refractivity contribution in [2.24, 2.45) is 0 Å². The van der Waals surface area contributed by atoms with Gasteiger partial charge in [0.25, 0.3) is 0 Å². The number of hydrogen-bond donors (Lipinski definition) is 5. The van der Waals surface area contributed by atoms with Gasteiger partial charge in [0.1, 0.15) is 16.7 Å². The minimum atomic E-state index is -1.37. The first kappa shape index (κ1) is 28.3. The Morgan fingerprint density at radius 1 is 1.05 bits per heavy atom. The Hall–Kier alpha value is -3.25. The van der Waals surface area contributed by atoms with Crippen molar-refractivity contribution in [1.29, 1.82) is 0 Å². The number of anilines is 4. The molecule has 11 heteroatoms. The summed E-state index contributed by atoms with van der Waals surface area (Å²) < 4.78 is 20.3. The third-order valence-corrected chi connectivity index (χ3v) is 8.89. The highest BCUT2D eigenvalue weighted by molar-refractivity contribution is 7.82. The van der Waals surface area contributed by atoms with E-state index in [0.29, 0.717) is 28.6 Å². The SMILES string of the molecule is COc1c(Nc2ncc(O)c(Nc3ccccc3S(=O)N(C)C)n2)ccc2c1CCCC(NC1CCNCC1)C2. The van der Waals surface area contributed by atoms with E-state index in [-0.39, 0.29) is 11.6 Å². The van der Waals surface area contributed by atoms with Gasteiger partial charge in [-0.2, -0.15) is 4.98 Å². The third-order valence-electron chi connectivity index (χ3n) is 7.49. The smallest absolute Gasteiger partial charge is 0.229 e. The van der Waals surface area contributed by atoms with Crippen molar-refractivity contribution >= 4 is 34.1 Å². The molecule has 214 valence electrons. The molecule has 40 heavy (non-hydrogen) atoms. The van der Waals surface area contributed by atoms with Crippen molar-refractivity contribution in [2.45, 2.75) is 55.5 Å². The zero-order chi connectivity index (χ0) is 28.1. The number of nitrogens with one attached hydrogen (secondary N) is 4.